The van der Waals surface area contributed by atoms with Crippen LogP contribution in [0.2, 0.25) is 10.0 Å². The molecule has 0 spiro atoms. The van der Waals surface area contributed by atoms with Gasteiger partial charge in [0.1, 0.15) is 4.32 Å². The standard InChI is InChI=1S/C13H7Cl2NO2S2/c1-16-12(18)11(20-13(16)19)10-7-2-5(14)3-8(15)6(7)4-9(10)17/h2-3H,4H2,1H3/b11-10-. The third kappa shape index (κ3) is 2.00. The van der Waals surface area contributed by atoms with Gasteiger partial charge in [0.05, 0.1) is 4.91 Å². The number of benzene rings is 1. The van der Waals surface area contributed by atoms with Crippen molar-refractivity contribution in [3.05, 3.63) is 38.2 Å². The number of halogens is 2. The molecule has 2 aliphatic rings. The first-order valence-corrected chi connectivity index (χ1v) is 7.64. The lowest BCUT2D eigenvalue weighted by Crippen LogP contribution is -2.22. The second-order valence-corrected chi connectivity index (χ2v) is 6.94. The Hall–Kier alpha value is -0.880. The van der Waals surface area contributed by atoms with Gasteiger partial charge in [-0.15, -0.1) is 0 Å². The van der Waals surface area contributed by atoms with E-state index in [0.29, 0.717) is 30.4 Å². The van der Waals surface area contributed by atoms with Crippen molar-refractivity contribution >= 4 is 68.8 Å². The van der Waals surface area contributed by atoms with Gasteiger partial charge in [-0.3, -0.25) is 14.5 Å². The maximum absolute atomic E-state index is 12.3. The Labute approximate surface area is 134 Å². The van der Waals surface area contributed by atoms with E-state index in [2.05, 4.69) is 0 Å². The number of thiocarbonyl (C=S) groups is 1. The molecule has 0 aromatic heterocycles. The molecule has 102 valence electrons. The van der Waals surface area contributed by atoms with Crippen molar-refractivity contribution in [2.45, 2.75) is 6.42 Å². The molecule has 3 rings (SSSR count). The lowest BCUT2D eigenvalue weighted by molar-refractivity contribution is -0.121. The summed E-state index contributed by atoms with van der Waals surface area (Å²) in [5, 5.41) is 0.885. The van der Waals surface area contributed by atoms with Crippen molar-refractivity contribution in [1.82, 2.24) is 4.90 Å². The first-order chi connectivity index (χ1) is 9.40. The molecule has 0 N–H and O–H groups in total. The molecule has 7 heteroatoms. The highest BCUT2D eigenvalue weighted by Gasteiger charge is 2.38. The van der Waals surface area contributed by atoms with E-state index in [0.717, 1.165) is 17.3 Å². The number of Topliss-reactive ketones (excluding diaryl/α,β-unsaturated/α-hetero) is 1. The van der Waals surface area contributed by atoms with Gasteiger partial charge in [0.25, 0.3) is 5.91 Å². The smallest absolute Gasteiger partial charge is 0.266 e. The van der Waals surface area contributed by atoms with Crippen LogP contribution in [0, 0.1) is 0 Å². The van der Waals surface area contributed by atoms with Gasteiger partial charge in [-0.25, -0.2) is 0 Å². The fourth-order valence-electron chi connectivity index (χ4n) is 2.25. The number of allylic oxidation sites excluding steroid dienone is 1. The molecule has 0 saturated carbocycles. The molecule has 1 aliphatic carbocycles. The van der Waals surface area contributed by atoms with Crippen LogP contribution in [0.3, 0.4) is 0 Å². The van der Waals surface area contributed by atoms with Crippen molar-refractivity contribution in [3.63, 3.8) is 0 Å². The Morgan fingerprint density at radius 3 is 2.60 bits per heavy atom. The van der Waals surface area contributed by atoms with Gasteiger partial charge in [0.2, 0.25) is 0 Å². The van der Waals surface area contributed by atoms with E-state index in [9.17, 15) is 9.59 Å². The van der Waals surface area contributed by atoms with E-state index in [1.807, 2.05) is 0 Å². The number of hydrogen-bond donors (Lipinski definition) is 0. The zero-order valence-corrected chi connectivity index (χ0v) is 13.3. The van der Waals surface area contributed by atoms with Crippen LogP contribution in [-0.4, -0.2) is 28.0 Å². The van der Waals surface area contributed by atoms with Gasteiger partial charge in [-0.2, -0.15) is 0 Å². The number of carbonyl (C=O) groups excluding carboxylic acids is 2. The second kappa shape index (κ2) is 4.84. The molecule has 0 unspecified atom stereocenters. The SMILES string of the molecule is CN1C(=O)/C(=C2/C(=O)Cc3c(Cl)cc(Cl)cc32)SC1=S. The van der Waals surface area contributed by atoms with Crippen LogP contribution in [0.4, 0.5) is 0 Å². The number of thioether (sulfide) groups is 1. The van der Waals surface area contributed by atoms with E-state index in [1.165, 1.54) is 4.90 Å². The van der Waals surface area contributed by atoms with Crippen LogP contribution in [0.5, 0.6) is 0 Å². The fraction of sp³-hybridized carbons (Fsp3) is 0.154. The summed E-state index contributed by atoms with van der Waals surface area (Å²) in [5.41, 5.74) is 1.74. The number of amides is 1. The third-order valence-corrected chi connectivity index (χ3v) is 5.35. The first-order valence-electron chi connectivity index (χ1n) is 5.65. The van der Waals surface area contributed by atoms with Crippen molar-refractivity contribution in [2.75, 3.05) is 7.05 Å². The summed E-state index contributed by atoms with van der Waals surface area (Å²) < 4.78 is 0.437. The van der Waals surface area contributed by atoms with Crippen molar-refractivity contribution in [3.8, 4) is 0 Å². The summed E-state index contributed by atoms with van der Waals surface area (Å²) in [4.78, 5) is 26.1. The fourth-order valence-corrected chi connectivity index (χ4v) is 4.08. The lowest BCUT2D eigenvalue weighted by Gasteiger charge is -2.06. The predicted octanol–water partition coefficient (Wildman–Crippen LogP) is 3.32. The second-order valence-electron chi connectivity index (χ2n) is 4.45. The summed E-state index contributed by atoms with van der Waals surface area (Å²) >= 11 is 18.3. The molecule has 1 heterocycles. The average molecular weight is 344 g/mol. The van der Waals surface area contributed by atoms with Gasteiger partial charge in [-0.1, -0.05) is 47.2 Å². The zero-order valence-electron chi connectivity index (χ0n) is 10.2. The largest absolute Gasteiger partial charge is 0.296 e. The van der Waals surface area contributed by atoms with Gasteiger partial charge in [0.15, 0.2) is 5.78 Å². The van der Waals surface area contributed by atoms with Crippen molar-refractivity contribution in [1.29, 1.82) is 0 Å². The summed E-state index contributed by atoms with van der Waals surface area (Å²) in [7, 11) is 1.59. The highest BCUT2D eigenvalue weighted by molar-refractivity contribution is 8.26. The molecular weight excluding hydrogens is 337 g/mol. The van der Waals surface area contributed by atoms with Crippen LogP contribution in [0.15, 0.2) is 17.0 Å². The molecular formula is C13H7Cl2NO2S2. The number of carbonyl (C=O) groups is 2. The topological polar surface area (TPSA) is 37.4 Å². The van der Waals surface area contributed by atoms with Crippen LogP contribution in [0.25, 0.3) is 5.57 Å². The van der Waals surface area contributed by atoms with Crippen LogP contribution < -0.4 is 0 Å². The molecule has 1 saturated heterocycles. The monoisotopic (exact) mass is 343 g/mol. The van der Waals surface area contributed by atoms with Crippen LogP contribution >= 0.6 is 47.2 Å². The minimum absolute atomic E-state index is 0.127. The van der Waals surface area contributed by atoms with E-state index >= 15 is 0 Å². The quantitative estimate of drug-likeness (QED) is 0.535. The average Bonchev–Trinajstić information content (AvgIpc) is 2.82. The number of ketones is 1. The molecule has 1 amide bonds. The van der Waals surface area contributed by atoms with Crippen LogP contribution in [-0.2, 0) is 16.0 Å². The zero-order chi connectivity index (χ0) is 14.6. The minimum atomic E-state index is -0.257. The molecule has 1 aromatic carbocycles. The molecule has 0 radical (unpaired) electrons. The molecule has 1 fully saturated rings. The van der Waals surface area contributed by atoms with Gasteiger partial charge >= 0.3 is 0 Å². The van der Waals surface area contributed by atoms with Gasteiger partial charge in [0, 0.05) is 29.1 Å². The summed E-state index contributed by atoms with van der Waals surface area (Å²) in [6.45, 7) is 0. The Kier molecular flexibility index (Phi) is 3.41. The molecule has 0 atom stereocenters. The number of nitrogens with zero attached hydrogens (tertiary/aromatic N) is 1. The molecule has 1 aromatic rings. The predicted molar refractivity (Wildman–Crippen MR) is 85.1 cm³/mol. The minimum Gasteiger partial charge on any atom is -0.296 e. The van der Waals surface area contributed by atoms with Crippen LogP contribution in [0.1, 0.15) is 11.1 Å². The van der Waals surface area contributed by atoms with Crippen molar-refractivity contribution < 1.29 is 9.59 Å². The lowest BCUT2D eigenvalue weighted by atomic mass is 10.1. The van der Waals surface area contributed by atoms with Gasteiger partial charge < -0.3 is 0 Å². The van der Waals surface area contributed by atoms with E-state index in [1.54, 1.807) is 19.2 Å². The van der Waals surface area contributed by atoms with E-state index < -0.39 is 0 Å². The normalized spacial score (nSPS) is 21.9. The molecule has 3 nitrogen and oxygen atoms in total. The number of likely N-dealkylation sites (N-methyl/N-ethyl adjacent to an activating group) is 1. The Bertz CT molecular complexity index is 727. The number of hydrogen-bond acceptors (Lipinski definition) is 4. The maximum atomic E-state index is 12.3. The third-order valence-electron chi connectivity index (χ3n) is 3.23. The molecule has 0 bridgehead atoms. The maximum Gasteiger partial charge on any atom is 0.266 e. The van der Waals surface area contributed by atoms with Gasteiger partial charge in [-0.05, 0) is 23.3 Å². The van der Waals surface area contributed by atoms with Crippen molar-refractivity contribution in [2.24, 2.45) is 0 Å². The summed E-state index contributed by atoms with van der Waals surface area (Å²) in [6, 6.07) is 3.27. The first kappa shape index (κ1) is 14.1. The Morgan fingerprint density at radius 2 is 2.00 bits per heavy atom. The summed E-state index contributed by atoms with van der Waals surface area (Å²) in [5.74, 6) is -0.384. The Balaban J connectivity index is 2.26. The van der Waals surface area contributed by atoms with E-state index in [4.69, 9.17) is 35.4 Å². The summed E-state index contributed by atoms with van der Waals surface area (Å²) in [6.07, 6.45) is 0.189. The number of fused-ring (bicyclic) bond motifs is 1. The molecule has 1 aliphatic heterocycles. The Morgan fingerprint density at radius 1 is 1.30 bits per heavy atom. The van der Waals surface area contributed by atoms with E-state index in [-0.39, 0.29) is 18.1 Å². The highest BCUT2D eigenvalue weighted by Crippen LogP contribution is 2.43. The highest BCUT2D eigenvalue weighted by atomic mass is 35.5. The molecule has 20 heavy (non-hydrogen) atoms. The number of rotatable bonds is 0.